The summed E-state index contributed by atoms with van der Waals surface area (Å²) in [4.78, 5) is 4.00. The molecular weight excluding hydrogens is 288 g/mol. The number of hydrogen-bond donors (Lipinski definition) is 0. The lowest BCUT2D eigenvalue weighted by atomic mass is 9.76. The third-order valence-corrected chi connectivity index (χ3v) is 4.19. The second-order valence-corrected chi connectivity index (χ2v) is 5.80. The Hall–Kier alpha value is -2.35. The van der Waals surface area contributed by atoms with Crippen molar-refractivity contribution in [1.29, 1.82) is 5.26 Å². The molecule has 0 fully saturated rings. The van der Waals surface area contributed by atoms with Gasteiger partial charge in [0.15, 0.2) is 0 Å². The van der Waals surface area contributed by atoms with Crippen LogP contribution in [0.25, 0.3) is 0 Å². The topological polar surface area (TPSA) is 63.7 Å². The van der Waals surface area contributed by atoms with E-state index in [2.05, 4.69) is 23.1 Å². The van der Waals surface area contributed by atoms with Gasteiger partial charge in [-0.2, -0.15) is 10.4 Å². The monoisotopic (exact) mass is 312 g/mol. The molecule has 0 aliphatic heterocycles. The van der Waals surface area contributed by atoms with Gasteiger partial charge in [0, 0.05) is 5.56 Å². The summed E-state index contributed by atoms with van der Waals surface area (Å²) in [5.74, 6) is 0.754. The lowest BCUT2D eigenvalue weighted by molar-refractivity contribution is 0.354. The summed E-state index contributed by atoms with van der Waals surface area (Å²) in [6, 6.07) is 10.3. The largest absolute Gasteiger partial charge is 0.496 e. The van der Waals surface area contributed by atoms with Crippen molar-refractivity contribution in [2.45, 2.75) is 51.0 Å². The van der Waals surface area contributed by atoms with Crippen LogP contribution in [-0.2, 0) is 12.0 Å². The van der Waals surface area contributed by atoms with E-state index in [0.717, 1.165) is 30.6 Å². The van der Waals surface area contributed by atoms with Gasteiger partial charge in [0.1, 0.15) is 23.8 Å². The fourth-order valence-electron chi connectivity index (χ4n) is 2.93. The molecule has 0 N–H and O–H groups in total. The van der Waals surface area contributed by atoms with Crippen molar-refractivity contribution in [3.63, 3.8) is 0 Å². The van der Waals surface area contributed by atoms with Crippen molar-refractivity contribution in [1.82, 2.24) is 14.8 Å². The molecule has 2 aromatic rings. The lowest BCUT2D eigenvalue weighted by Crippen LogP contribution is -2.31. The fraction of sp³-hybridized carbons (Fsp3) is 0.500. The van der Waals surface area contributed by atoms with Gasteiger partial charge in [-0.3, -0.25) is 4.68 Å². The summed E-state index contributed by atoms with van der Waals surface area (Å²) in [6.45, 7) is 2.67. The molecule has 0 bridgehead atoms. The maximum Gasteiger partial charge on any atom is 0.137 e. The molecule has 1 heterocycles. The highest BCUT2D eigenvalue weighted by Gasteiger charge is 2.35. The molecule has 0 saturated carbocycles. The number of nitriles is 1. The second-order valence-electron chi connectivity index (χ2n) is 5.80. The first-order chi connectivity index (χ1) is 11.3. The molecule has 0 aliphatic carbocycles. The number of benzene rings is 1. The zero-order valence-corrected chi connectivity index (χ0v) is 13.9. The molecule has 5 heteroatoms. The first-order valence-corrected chi connectivity index (χ1v) is 8.13. The Bertz CT molecular complexity index is 633. The molecule has 1 aromatic heterocycles. The number of hydrogen-bond acceptors (Lipinski definition) is 4. The Morgan fingerprint density at radius 1 is 1.26 bits per heavy atom. The molecule has 1 atom stereocenters. The summed E-state index contributed by atoms with van der Waals surface area (Å²) in [7, 11) is 1.65. The minimum absolute atomic E-state index is 0.482. The molecule has 23 heavy (non-hydrogen) atoms. The molecule has 2 rings (SSSR count). The van der Waals surface area contributed by atoms with Crippen LogP contribution in [0.3, 0.4) is 0 Å². The van der Waals surface area contributed by atoms with Crippen LogP contribution in [0.1, 0.15) is 44.6 Å². The lowest BCUT2D eigenvalue weighted by Gasteiger charge is -2.28. The smallest absolute Gasteiger partial charge is 0.137 e. The van der Waals surface area contributed by atoms with E-state index in [-0.39, 0.29) is 0 Å². The number of para-hydroxylation sites is 1. The molecule has 122 valence electrons. The van der Waals surface area contributed by atoms with Gasteiger partial charge in [-0.05, 0) is 12.5 Å². The Morgan fingerprint density at radius 3 is 2.74 bits per heavy atom. The highest BCUT2D eigenvalue weighted by atomic mass is 16.5. The van der Waals surface area contributed by atoms with Gasteiger partial charge in [-0.1, -0.05) is 50.8 Å². The van der Waals surface area contributed by atoms with Crippen molar-refractivity contribution in [3.8, 4) is 11.8 Å². The standard InChI is InChI=1S/C18H24N4O/c1-3-4-5-8-11-18(12-19,13-22-15-20-14-21-22)16-9-6-7-10-17(16)23-2/h6-7,9-10,14-15H,3-5,8,11,13H2,1-2H3. The molecule has 0 spiro atoms. The van der Waals surface area contributed by atoms with E-state index < -0.39 is 5.41 Å². The summed E-state index contributed by atoms with van der Waals surface area (Å²) in [6.07, 6.45) is 8.45. The van der Waals surface area contributed by atoms with E-state index in [1.54, 1.807) is 18.1 Å². The van der Waals surface area contributed by atoms with Gasteiger partial charge >= 0.3 is 0 Å². The molecular formula is C18H24N4O. The van der Waals surface area contributed by atoms with E-state index in [9.17, 15) is 5.26 Å². The fourth-order valence-corrected chi connectivity index (χ4v) is 2.93. The first-order valence-electron chi connectivity index (χ1n) is 8.13. The third-order valence-electron chi connectivity index (χ3n) is 4.19. The normalized spacial score (nSPS) is 13.3. The average Bonchev–Trinajstić information content (AvgIpc) is 3.10. The minimum Gasteiger partial charge on any atom is -0.496 e. The summed E-state index contributed by atoms with van der Waals surface area (Å²) in [5.41, 5.74) is 0.269. The molecule has 5 nitrogen and oxygen atoms in total. The molecule has 0 aliphatic rings. The average molecular weight is 312 g/mol. The molecule has 0 radical (unpaired) electrons. The Morgan fingerprint density at radius 2 is 2.09 bits per heavy atom. The van der Waals surface area contributed by atoms with Crippen molar-refractivity contribution in [2.75, 3.05) is 7.11 Å². The van der Waals surface area contributed by atoms with Gasteiger partial charge in [0.25, 0.3) is 0 Å². The molecule has 0 saturated heterocycles. The van der Waals surface area contributed by atoms with E-state index in [0.29, 0.717) is 6.54 Å². The predicted octanol–water partition coefficient (Wildman–Crippen LogP) is 3.72. The zero-order valence-electron chi connectivity index (χ0n) is 13.9. The van der Waals surface area contributed by atoms with Crippen LogP contribution in [0.4, 0.5) is 0 Å². The molecule has 1 unspecified atom stereocenters. The quantitative estimate of drug-likeness (QED) is 0.662. The minimum atomic E-state index is -0.659. The van der Waals surface area contributed by atoms with Gasteiger partial charge in [0.05, 0.1) is 19.7 Å². The number of nitrogens with zero attached hydrogens (tertiary/aromatic N) is 4. The molecule has 0 amide bonds. The van der Waals surface area contributed by atoms with E-state index in [1.807, 2.05) is 24.3 Å². The number of rotatable bonds is 9. The highest BCUT2D eigenvalue weighted by molar-refractivity contribution is 5.43. The molecule has 1 aromatic carbocycles. The van der Waals surface area contributed by atoms with Gasteiger partial charge in [0.2, 0.25) is 0 Å². The van der Waals surface area contributed by atoms with Crippen molar-refractivity contribution >= 4 is 0 Å². The van der Waals surface area contributed by atoms with Crippen molar-refractivity contribution in [2.24, 2.45) is 0 Å². The van der Waals surface area contributed by atoms with E-state index in [1.165, 1.54) is 19.2 Å². The Labute approximate surface area is 137 Å². The summed E-state index contributed by atoms with van der Waals surface area (Å²) in [5, 5.41) is 14.2. The van der Waals surface area contributed by atoms with Gasteiger partial charge in [-0.15, -0.1) is 0 Å². The Kier molecular flexibility index (Phi) is 6.16. The van der Waals surface area contributed by atoms with E-state index in [4.69, 9.17) is 4.74 Å². The van der Waals surface area contributed by atoms with Gasteiger partial charge < -0.3 is 4.74 Å². The summed E-state index contributed by atoms with van der Waals surface area (Å²) >= 11 is 0. The van der Waals surface area contributed by atoms with Crippen LogP contribution in [0.2, 0.25) is 0 Å². The van der Waals surface area contributed by atoms with Crippen LogP contribution in [-0.4, -0.2) is 21.9 Å². The van der Waals surface area contributed by atoms with Gasteiger partial charge in [-0.25, -0.2) is 4.98 Å². The van der Waals surface area contributed by atoms with Crippen LogP contribution >= 0.6 is 0 Å². The van der Waals surface area contributed by atoms with Crippen molar-refractivity contribution in [3.05, 3.63) is 42.5 Å². The summed E-state index contributed by atoms with van der Waals surface area (Å²) < 4.78 is 7.24. The third kappa shape index (κ3) is 4.10. The van der Waals surface area contributed by atoms with Crippen LogP contribution in [0, 0.1) is 11.3 Å². The SMILES string of the molecule is CCCCCCC(C#N)(Cn1cncn1)c1ccccc1OC. The Balaban J connectivity index is 2.34. The van der Waals surface area contributed by atoms with Crippen LogP contribution < -0.4 is 4.74 Å². The van der Waals surface area contributed by atoms with Crippen LogP contribution in [0.5, 0.6) is 5.75 Å². The van der Waals surface area contributed by atoms with Crippen LogP contribution in [0.15, 0.2) is 36.9 Å². The number of ether oxygens (including phenoxy) is 1. The first kappa shape index (κ1) is 17.0. The second kappa shape index (κ2) is 8.33. The highest BCUT2D eigenvalue weighted by Crippen LogP contribution is 2.37. The number of aromatic nitrogens is 3. The maximum absolute atomic E-state index is 10.0. The predicted molar refractivity (Wildman–Crippen MR) is 89.1 cm³/mol. The number of unbranched alkanes of at least 4 members (excludes halogenated alkanes) is 3. The maximum atomic E-state index is 10.0. The zero-order chi connectivity index (χ0) is 16.5. The van der Waals surface area contributed by atoms with Crippen molar-refractivity contribution < 1.29 is 4.74 Å². The van der Waals surface area contributed by atoms with E-state index >= 15 is 0 Å². The number of methoxy groups -OCH3 is 1.